The first-order valence-corrected chi connectivity index (χ1v) is 11.9. The molecule has 0 unspecified atom stereocenters. The highest BCUT2D eigenvalue weighted by Crippen LogP contribution is 2.39. The van der Waals surface area contributed by atoms with Crippen molar-refractivity contribution in [3.05, 3.63) is 59.2 Å². The Kier molecular flexibility index (Phi) is 11.2. The maximum atomic E-state index is 13.1. The molecule has 1 aliphatic carbocycles. The number of ether oxygens (including phenoxy) is 2. The summed E-state index contributed by atoms with van der Waals surface area (Å²) < 4.78 is 11.4. The molecule has 0 bridgehead atoms. The van der Waals surface area contributed by atoms with Crippen LogP contribution in [0.25, 0.3) is 0 Å². The highest BCUT2D eigenvalue weighted by molar-refractivity contribution is 5.94. The molecule has 1 saturated heterocycles. The molecular formula is C27H38Cl2N2O3. The number of rotatable bonds is 6. The molecule has 1 aliphatic heterocycles. The largest absolute Gasteiger partial charge is 0.423 e. The van der Waals surface area contributed by atoms with Gasteiger partial charge in [0.2, 0.25) is 0 Å². The summed E-state index contributed by atoms with van der Waals surface area (Å²) in [6, 6.07) is 14.1. The Hall–Kier alpha value is -1.79. The molecule has 2 aromatic rings. The van der Waals surface area contributed by atoms with Gasteiger partial charge in [0.15, 0.2) is 0 Å². The van der Waals surface area contributed by atoms with Crippen molar-refractivity contribution < 1.29 is 14.3 Å². The summed E-state index contributed by atoms with van der Waals surface area (Å²) >= 11 is 0. The minimum Gasteiger partial charge on any atom is -0.423 e. The van der Waals surface area contributed by atoms with Crippen molar-refractivity contribution in [2.45, 2.75) is 38.5 Å². The van der Waals surface area contributed by atoms with Crippen molar-refractivity contribution in [3.8, 4) is 5.75 Å². The fourth-order valence-electron chi connectivity index (χ4n) is 5.30. The Morgan fingerprint density at radius 1 is 1.06 bits per heavy atom. The molecule has 0 radical (unpaired) electrons. The van der Waals surface area contributed by atoms with Gasteiger partial charge >= 0.3 is 5.97 Å². The number of nitrogens with zero attached hydrogens (tertiary/aromatic N) is 2. The van der Waals surface area contributed by atoms with Gasteiger partial charge in [-0.3, -0.25) is 0 Å². The summed E-state index contributed by atoms with van der Waals surface area (Å²) in [5, 5.41) is 0. The number of carbonyl (C=O) groups excluding carboxylic acids is 1. The lowest BCUT2D eigenvalue weighted by Gasteiger charge is -2.34. The number of hydrogen-bond donors (Lipinski definition) is 0. The molecule has 2 aliphatic rings. The summed E-state index contributed by atoms with van der Waals surface area (Å²) in [5.41, 5.74) is 3.97. The standard InChI is InChI=1S/C27H36N2O3.2ClH/c1-20-24(12-7-13-26(20)29-14-16-31-17-15-29)27(30)32-23-10-6-9-21(18-23)25-11-5-4-8-22(25)19-28(2)3;;/h6-7,9-10,12-13,18,22,25H,4-5,8,11,14-17,19H2,1-3H3;2*1H/t22-,25+;;/m1../s1. The van der Waals surface area contributed by atoms with E-state index >= 15 is 0 Å². The molecule has 5 nitrogen and oxygen atoms in total. The van der Waals surface area contributed by atoms with E-state index in [2.05, 4.69) is 42.1 Å². The normalized spacial score (nSPS) is 20.3. The predicted molar refractivity (Wildman–Crippen MR) is 143 cm³/mol. The minimum absolute atomic E-state index is 0. The molecule has 0 aromatic heterocycles. The third kappa shape index (κ3) is 6.88. The molecule has 2 fully saturated rings. The third-order valence-corrected chi connectivity index (χ3v) is 6.88. The van der Waals surface area contributed by atoms with E-state index in [-0.39, 0.29) is 30.8 Å². The Morgan fingerprint density at radius 3 is 2.50 bits per heavy atom. The molecule has 4 rings (SSSR count). The Balaban J connectivity index is 0.00000204. The van der Waals surface area contributed by atoms with Gasteiger partial charge in [0.25, 0.3) is 0 Å². The maximum absolute atomic E-state index is 13.1. The SMILES string of the molecule is Cc1c(C(=O)Oc2cccc([C@@H]3CCCC[C@@H]3CN(C)C)c2)cccc1N1CCOCC1.Cl.Cl. The first-order chi connectivity index (χ1) is 15.5. The van der Waals surface area contributed by atoms with E-state index in [1.54, 1.807) is 0 Å². The van der Waals surface area contributed by atoms with Crippen LogP contribution in [0.15, 0.2) is 42.5 Å². The van der Waals surface area contributed by atoms with Crippen LogP contribution in [0.3, 0.4) is 0 Å². The monoisotopic (exact) mass is 508 g/mol. The zero-order valence-electron chi connectivity index (χ0n) is 20.5. The highest BCUT2D eigenvalue weighted by Gasteiger charge is 2.27. The Morgan fingerprint density at radius 2 is 1.76 bits per heavy atom. The van der Waals surface area contributed by atoms with Crippen molar-refractivity contribution in [3.63, 3.8) is 0 Å². The van der Waals surface area contributed by atoms with E-state index in [4.69, 9.17) is 9.47 Å². The fourth-order valence-corrected chi connectivity index (χ4v) is 5.30. The summed E-state index contributed by atoms with van der Waals surface area (Å²) in [6.45, 7) is 6.23. The topological polar surface area (TPSA) is 42.0 Å². The molecule has 34 heavy (non-hydrogen) atoms. The van der Waals surface area contributed by atoms with E-state index in [0.717, 1.165) is 44.1 Å². The smallest absolute Gasteiger partial charge is 0.343 e. The highest BCUT2D eigenvalue weighted by atomic mass is 35.5. The summed E-state index contributed by atoms with van der Waals surface area (Å²) in [4.78, 5) is 17.7. The van der Waals surface area contributed by atoms with E-state index in [1.165, 1.54) is 31.2 Å². The summed E-state index contributed by atoms with van der Waals surface area (Å²) in [7, 11) is 4.30. The van der Waals surface area contributed by atoms with Crippen LogP contribution in [0.2, 0.25) is 0 Å². The molecule has 0 spiro atoms. The average Bonchev–Trinajstić information content (AvgIpc) is 2.80. The Bertz CT molecular complexity index is 932. The molecule has 1 saturated carbocycles. The van der Waals surface area contributed by atoms with Crippen LogP contribution in [0.5, 0.6) is 5.75 Å². The van der Waals surface area contributed by atoms with Gasteiger partial charge in [-0.05, 0) is 81.1 Å². The predicted octanol–water partition coefficient (Wildman–Crippen LogP) is 5.73. The van der Waals surface area contributed by atoms with Crippen LogP contribution in [0.1, 0.15) is 53.1 Å². The van der Waals surface area contributed by atoms with Crippen molar-refractivity contribution in [1.29, 1.82) is 0 Å². The zero-order chi connectivity index (χ0) is 22.5. The van der Waals surface area contributed by atoms with Crippen LogP contribution in [0, 0.1) is 12.8 Å². The molecule has 0 amide bonds. The van der Waals surface area contributed by atoms with Crippen LogP contribution in [0.4, 0.5) is 5.69 Å². The second-order valence-corrected chi connectivity index (χ2v) is 9.42. The lowest BCUT2D eigenvalue weighted by atomic mass is 9.75. The zero-order valence-corrected chi connectivity index (χ0v) is 22.1. The minimum atomic E-state index is -0.289. The van der Waals surface area contributed by atoms with Gasteiger partial charge in [0.1, 0.15) is 5.75 Å². The van der Waals surface area contributed by atoms with Gasteiger partial charge in [-0.15, -0.1) is 24.8 Å². The number of carbonyl (C=O) groups is 1. The lowest BCUT2D eigenvalue weighted by Crippen LogP contribution is -2.36. The van der Waals surface area contributed by atoms with Crippen LogP contribution in [-0.2, 0) is 4.74 Å². The number of hydrogen-bond acceptors (Lipinski definition) is 5. The van der Waals surface area contributed by atoms with Gasteiger partial charge in [0.05, 0.1) is 18.8 Å². The quantitative estimate of drug-likeness (QED) is 0.368. The van der Waals surface area contributed by atoms with E-state index in [1.807, 2.05) is 31.2 Å². The molecular weight excluding hydrogens is 471 g/mol. The Labute approximate surface area is 216 Å². The third-order valence-electron chi connectivity index (χ3n) is 6.88. The molecule has 0 N–H and O–H groups in total. The van der Waals surface area contributed by atoms with Gasteiger partial charge < -0.3 is 19.3 Å². The van der Waals surface area contributed by atoms with Gasteiger partial charge in [-0.2, -0.15) is 0 Å². The summed E-state index contributed by atoms with van der Waals surface area (Å²) in [6.07, 6.45) is 5.05. The van der Waals surface area contributed by atoms with E-state index in [9.17, 15) is 4.79 Å². The van der Waals surface area contributed by atoms with Crippen LogP contribution >= 0.6 is 24.8 Å². The van der Waals surface area contributed by atoms with Gasteiger partial charge in [-0.1, -0.05) is 31.0 Å². The van der Waals surface area contributed by atoms with Crippen molar-refractivity contribution >= 4 is 36.5 Å². The first kappa shape index (κ1) is 28.4. The van der Waals surface area contributed by atoms with Crippen molar-refractivity contribution in [2.75, 3.05) is 51.8 Å². The molecule has 2 atom stereocenters. The number of morpholine rings is 1. The van der Waals surface area contributed by atoms with E-state index < -0.39 is 0 Å². The molecule has 1 heterocycles. The second kappa shape index (κ2) is 13.3. The fraction of sp³-hybridized carbons (Fsp3) is 0.519. The number of halogens is 2. The van der Waals surface area contributed by atoms with Gasteiger partial charge in [-0.25, -0.2) is 4.79 Å². The summed E-state index contributed by atoms with van der Waals surface area (Å²) in [5.74, 6) is 1.52. The van der Waals surface area contributed by atoms with Crippen LogP contribution in [-0.4, -0.2) is 57.8 Å². The molecule has 2 aromatic carbocycles. The lowest BCUT2D eigenvalue weighted by molar-refractivity contribution is 0.0733. The van der Waals surface area contributed by atoms with Gasteiger partial charge in [0, 0.05) is 25.3 Å². The average molecular weight is 510 g/mol. The van der Waals surface area contributed by atoms with Crippen LogP contribution < -0.4 is 9.64 Å². The van der Waals surface area contributed by atoms with Crippen molar-refractivity contribution in [1.82, 2.24) is 4.90 Å². The molecule has 188 valence electrons. The van der Waals surface area contributed by atoms with E-state index in [0.29, 0.717) is 23.1 Å². The number of esters is 1. The number of benzene rings is 2. The maximum Gasteiger partial charge on any atom is 0.343 e. The number of anilines is 1. The van der Waals surface area contributed by atoms with Crippen molar-refractivity contribution in [2.24, 2.45) is 5.92 Å². The molecule has 7 heteroatoms. The second-order valence-electron chi connectivity index (χ2n) is 9.42. The first-order valence-electron chi connectivity index (χ1n) is 11.9.